The molecule has 0 fully saturated rings. The maximum atomic E-state index is 10.4. The molecule has 12 heavy (non-hydrogen) atoms. The predicted molar refractivity (Wildman–Crippen MR) is 52.2 cm³/mol. The van der Waals surface area contributed by atoms with Gasteiger partial charge in [-0.05, 0) is 6.42 Å². The maximum absolute atomic E-state index is 10.4. The van der Waals surface area contributed by atoms with E-state index in [2.05, 4.69) is 19.6 Å². The molecule has 0 heterocycles. The van der Waals surface area contributed by atoms with Gasteiger partial charge in [-0.25, -0.2) is 0 Å². The van der Waals surface area contributed by atoms with Crippen LogP contribution in [0.4, 0.5) is 0 Å². The van der Waals surface area contributed by atoms with Gasteiger partial charge in [0.05, 0.1) is 0 Å². The lowest BCUT2D eigenvalue weighted by atomic mass is 10.2. The van der Waals surface area contributed by atoms with Gasteiger partial charge >= 0.3 is 5.97 Å². The number of hydrogen-bond acceptors (Lipinski definition) is 3. The van der Waals surface area contributed by atoms with Gasteiger partial charge in [-0.3, -0.25) is 4.79 Å². The minimum atomic E-state index is -1.03. The molecule has 0 bridgehead atoms. The van der Waals surface area contributed by atoms with Crippen molar-refractivity contribution in [1.29, 1.82) is 0 Å². The number of carboxylic acids is 1. The molecule has 3 nitrogen and oxygen atoms in total. The largest absolute Gasteiger partial charge is 0.480 e. The molecule has 0 aliphatic carbocycles. The summed E-state index contributed by atoms with van der Waals surface area (Å²) in [6.07, 6.45) is 4.73. The average Bonchev–Trinajstić information content (AvgIpc) is 2.03. The van der Waals surface area contributed by atoms with Crippen LogP contribution in [0.1, 0.15) is 26.2 Å². The number of thiol groups is 1. The molecule has 0 aliphatic rings. The number of nitrogens with two attached hydrogens (primary N) is 1. The second kappa shape index (κ2) is 6.08. The molecule has 0 saturated carbocycles. The van der Waals surface area contributed by atoms with Gasteiger partial charge in [0.2, 0.25) is 0 Å². The van der Waals surface area contributed by atoms with Gasteiger partial charge in [-0.2, -0.15) is 0 Å². The van der Waals surface area contributed by atoms with Gasteiger partial charge < -0.3 is 10.8 Å². The summed E-state index contributed by atoms with van der Waals surface area (Å²) in [4.78, 5) is 10.8. The van der Waals surface area contributed by atoms with Crippen LogP contribution in [-0.4, -0.2) is 17.1 Å². The Balaban J connectivity index is 3.90. The Kier molecular flexibility index (Phi) is 5.84. The van der Waals surface area contributed by atoms with Crippen LogP contribution in [0, 0.1) is 0 Å². The first-order valence-electron chi connectivity index (χ1n) is 3.97. The van der Waals surface area contributed by atoms with Crippen molar-refractivity contribution in [3.63, 3.8) is 0 Å². The molecular weight excluding hydrogens is 174 g/mol. The lowest BCUT2D eigenvalue weighted by Gasteiger charge is -2.04. The zero-order valence-corrected chi connectivity index (χ0v) is 8.05. The van der Waals surface area contributed by atoms with E-state index in [-0.39, 0.29) is 0 Å². The van der Waals surface area contributed by atoms with Crippen molar-refractivity contribution in [3.8, 4) is 0 Å². The Morgan fingerprint density at radius 2 is 2.33 bits per heavy atom. The van der Waals surface area contributed by atoms with Crippen molar-refractivity contribution in [1.82, 2.24) is 0 Å². The first-order chi connectivity index (χ1) is 5.59. The van der Waals surface area contributed by atoms with Crippen molar-refractivity contribution < 1.29 is 9.90 Å². The molecule has 0 aromatic heterocycles. The summed E-state index contributed by atoms with van der Waals surface area (Å²) >= 11 is 3.99. The van der Waals surface area contributed by atoms with E-state index in [4.69, 9.17) is 10.8 Å². The summed E-state index contributed by atoms with van der Waals surface area (Å²) in [6, 6.07) is -0.967. The highest BCUT2D eigenvalue weighted by Gasteiger charge is 2.12. The summed E-state index contributed by atoms with van der Waals surface area (Å²) in [5, 5.41) is 8.49. The molecule has 4 heteroatoms. The van der Waals surface area contributed by atoms with E-state index < -0.39 is 12.0 Å². The molecule has 0 aromatic rings. The fourth-order valence-corrected chi connectivity index (χ4v) is 0.947. The number of rotatable bonds is 5. The summed E-state index contributed by atoms with van der Waals surface area (Å²) in [5.41, 5.74) is 5.30. The van der Waals surface area contributed by atoms with E-state index in [1.165, 1.54) is 0 Å². The Labute approximate surface area is 78.1 Å². The van der Waals surface area contributed by atoms with Crippen molar-refractivity contribution in [2.24, 2.45) is 5.73 Å². The second-order valence-corrected chi connectivity index (χ2v) is 3.10. The van der Waals surface area contributed by atoms with Gasteiger partial charge in [-0.1, -0.05) is 25.8 Å². The number of unbranched alkanes of at least 4 members (excludes halogenated alkanes) is 2. The summed E-state index contributed by atoms with van der Waals surface area (Å²) < 4.78 is 0. The van der Waals surface area contributed by atoms with Crippen molar-refractivity contribution in [3.05, 3.63) is 11.0 Å². The SMILES string of the molecule is CCCCC=C(S)[C@H](N)C(=O)O. The van der Waals surface area contributed by atoms with Crippen molar-refractivity contribution in [2.45, 2.75) is 32.2 Å². The molecule has 0 rings (SSSR count). The third kappa shape index (κ3) is 4.41. The van der Waals surface area contributed by atoms with Gasteiger partial charge in [0.15, 0.2) is 0 Å². The van der Waals surface area contributed by atoms with Gasteiger partial charge in [0, 0.05) is 4.91 Å². The molecule has 70 valence electrons. The second-order valence-electron chi connectivity index (χ2n) is 2.59. The van der Waals surface area contributed by atoms with Crippen LogP contribution in [0.3, 0.4) is 0 Å². The van der Waals surface area contributed by atoms with Crippen LogP contribution in [0.25, 0.3) is 0 Å². The Morgan fingerprint density at radius 3 is 2.75 bits per heavy atom. The fraction of sp³-hybridized carbons (Fsp3) is 0.625. The Morgan fingerprint density at radius 1 is 1.75 bits per heavy atom. The lowest BCUT2D eigenvalue weighted by Crippen LogP contribution is -2.30. The third-order valence-electron chi connectivity index (χ3n) is 1.50. The fourth-order valence-electron chi connectivity index (χ4n) is 0.708. The summed E-state index contributed by atoms with van der Waals surface area (Å²) in [7, 11) is 0. The molecule has 3 N–H and O–H groups in total. The van der Waals surface area contributed by atoms with Crippen LogP contribution in [0.2, 0.25) is 0 Å². The quantitative estimate of drug-likeness (QED) is 0.452. The molecule has 0 saturated heterocycles. The molecule has 1 atom stereocenters. The van der Waals surface area contributed by atoms with Crippen molar-refractivity contribution >= 4 is 18.6 Å². The first kappa shape index (κ1) is 11.5. The van der Waals surface area contributed by atoms with Gasteiger partial charge in [-0.15, -0.1) is 12.6 Å². The van der Waals surface area contributed by atoms with E-state index in [1.54, 1.807) is 6.08 Å². The number of aliphatic carboxylic acids is 1. The van der Waals surface area contributed by atoms with Crippen LogP contribution < -0.4 is 5.73 Å². The zero-order valence-electron chi connectivity index (χ0n) is 7.16. The van der Waals surface area contributed by atoms with Crippen LogP contribution in [-0.2, 0) is 4.79 Å². The number of hydrogen-bond donors (Lipinski definition) is 3. The topological polar surface area (TPSA) is 63.3 Å². The predicted octanol–water partition coefficient (Wildman–Crippen LogP) is 1.40. The van der Waals surface area contributed by atoms with Crippen LogP contribution in [0.15, 0.2) is 11.0 Å². The molecule has 0 aromatic carbocycles. The van der Waals surface area contributed by atoms with Gasteiger partial charge in [0.25, 0.3) is 0 Å². The van der Waals surface area contributed by atoms with E-state index in [0.29, 0.717) is 4.91 Å². The van der Waals surface area contributed by atoms with Gasteiger partial charge in [0.1, 0.15) is 6.04 Å². The van der Waals surface area contributed by atoms with Crippen LogP contribution in [0.5, 0.6) is 0 Å². The minimum Gasteiger partial charge on any atom is -0.480 e. The van der Waals surface area contributed by atoms with E-state index in [9.17, 15) is 4.79 Å². The first-order valence-corrected chi connectivity index (χ1v) is 4.41. The number of carboxylic acid groups (broad SMARTS) is 1. The third-order valence-corrected chi connectivity index (χ3v) is 1.96. The maximum Gasteiger partial charge on any atom is 0.325 e. The molecule has 0 unspecified atom stereocenters. The molecule has 0 radical (unpaired) electrons. The van der Waals surface area contributed by atoms with Crippen LogP contribution >= 0.6 is 12.6 Å². The minimum absolute atomic E-state index is 0.441. The molecule has 0 aliphatic heterocycles. The highest BCUT2D eigenvalue weighted by Crippen LogP contribution is 2.08. The standard InChI is InChI=1S/C8H15NO2S/c1-2-3-4-5-6(12)7(9)8(10)11/h5,7,12H,2-4,9H2,1H3,(H,10,11)/t7-/m0/s1. The van der Waals surface area contributed by atoms with Crippen molar-refractivity contribution in [2.75, 3.05) is 0 Å². The van der Waals surface area contributed by atoms with E-state index >= 15 is 0 Å². The zero-order chi connectivity index (χ0) is 9.56. The Hall–Kier alpha value is -0.480. The highest BCUT2D eigenvalue weighted by molar-refractivity contribution is 7.84. The number of allylic oxidation sites excluding steroid dienone is 1. The van der Waals surface area contributed by atoms with E-state index in [1.807, 2.05) is 0 Å². The lowest BCUT2D eigenvalue weighted by molar-refractivity contribution is -0.137. The molecular formula is C8H15NO2S. The number of carbonyl (C=O) groups is 1. The summed E-state index contributed by atoms with van der Waals surface area (Å²) in [5.74, 6) is -1.03. The highest BCUT2D eigenvalue weighted by atomic mass is 32.1. The monoisotopic (exact) mass is 189 g/mol. The Bertz CT molecular complexity index is 180. The smallest absolute Gasteiger partial charge is 0.325 e. The normalized spacial score (nSPS) is 14.4. The molecule has 0 amide bonds. The average molecular weight is 189 g/mol. The molecule has 0 spiro atoms. The van der Waals surface area contributed by atoms with E-state index in [0.717, 1.165) is 19.3 Å². The summed E-state index contributed by atoms with van der Waals surface area (Å²) in [6.45, 7) is 2.07.